The summed E-state index contributed by atoms with van der Waals surface area (Å²) < 4.78 is 11.8. The van der Waals surface area contributed by atoms with Crippen LogP contribution in [0.2, 0.25) is 13.1 Å². The maximum Gasteiger partial charge on any atom is 0.454 e. The molecule has 1 aliphatic carbocycles. The van der Waals surface area contributed by atoms with Crippen molar-refractivity contribution in [3.63, 3.8) is 0 Å². The van der Waals surface area contributed by atoms with Gasteiger partial charge in [-0.05, 0) is 142 Å². The number of fused-ring (bicyclic) bond motifs is 3. The van der Waals surface area contributed by atoms with Gasteiger partial charge in [0.15, 0.2) is 0 Å². The normalized spacial score (nSPS) is 12.0. The minimum atomic E-state index is -2.30. The van der Waals surface area contributed by atoms with E-state index in [0.29, 0.717) is 11.4 Å². The minimum Gasteiger partial charge on any atom is -0.512 e. The molecule has 9 rings (SSSR count). The van der Waals surface area contributed by atoms with Gasteiger partial charge >= 0.3 is 8.56 Å². The van der Waals surface area contributed by atoms with Crippen LogP contribution in [0.15, 0.2) is 194 Å². The fourth-order valence-electron chi connectivity index (χ4n) is 7.50. The Morgan fingerprint density at radius 3 is 0.917 bits per heavy atom. The quantitative estimate of drug-likeness (QED) is 0.0681. The van der Waals surface area contributed by atoms with Crippen LogP contribution < -0.4 is 43.3 Å². The second-order valence-electron chi connectivity index (χ2n) is 15.1. The summed E-state index contributed by atoms with van der Waals surface area (Å²) in [6, 6.07) is 64.1. The number of rotatable bonds is 7. The van der Waals surface area contributed by atoms with Crippen LogP contribution in [0.3, 0.4) is 0 Å². The van der Waals surface area contributed by atoms with Crippen LogP contribution in [-0.2, 0) is 5.41 Å². The highest BCUT2D eigenvalue weighted by molar-refractivity contribution is 6.66. The lowest BCUT2D eigenvalue weighted by Gasteiger charge is -2.34. The van der Waals surface area contributed by atoms with E-state index in [-0.39, 0.29) is 5.41 Å². The van der Waals surface area contributed by atoms with Crippen LogP contribution >= 0.6 is 0 Å². The van der Waals surface area contributed by atoms with Gasteiger partial charge in [0.05, 0.1) is 5.41 Å². The van der Waals surface area contributed by atoms with Crippen LogP contribution in [0, 0.1) is 0 Å². The molecule has 0 radical (unpaired) electrons. The molecule has 0 spiro atoms. The second-order valence-corrected chi connectivity index (χ2v) is 18.3. The van der Waals surface area contributed by atoms with Gasteiger partial charge in [-0.2, -0.15) is 0 Å². The topological polar surface area (TPSA) is 175 Å². The van der Waals surface area contributed by atoms with Gasteiger partial charge in [0.1, 0.15) is 11.5 Å². The van der Waals surface area contributed by atoms with E-state index in [0.717, 1.165) is 45.4 Å². The van der Waals surface area contributed by atoms with Gasteiger partial charge in [-0.15, -0.1) is 0 Å². The predicted octanol–water partition coefficient (Wildman–Crippen LogP) is 10.7. The summed E-state index contributed by atoms with van der Waals surface area (Å²) >= 11 is 0. The Labute approximate surface area is 353 Å². The lowest BCUT2D eigenvalue weighted by Crippen LogP contribution is -2.41. The van der Waals surface area contributed by atoms with E-state index in [4.69, 9.17) is 43.3 Å². The Bertz CT molecular complexity index is 2460. The van der Waals surface area contributed by atoms with E-state index < -0.39 is 8.56 Å². The van der Waals surface area contributed by atoms with Gasteiger partial charge in [0.2, 0.25) is 0 Å². The van der Waals surface area contributed by atoms with Crippen molar-refractivity contribution in [3.8, 4) is 33.8 Å². The second kappa shape index (κ2) is 17.5. The highest BCUT2D eigenvalue weighted by Crippen LogP contribution is 2.56. The van der Waals surface area contributed by atoms with E-state index in [1.807, 2.05) is 134 Å². The third-order valence-electron chi connectivity index (χ3n) is 10.3. The molecule has 0 unspecified atom stereocenters. The van der Waals surface area contributed by atoms with Gasteiger partial charge < -0.3 is 43.3 Å². The van der Waals surface area contributed by atoms with E-state index in [9.17, 15) is 0 Å². The summed E-state index contributed by atoms with van der Waals surface area (Å²) in [7, 11) is -2.30. The van der Waals surface area contributed by atoms with Gasteiger partial charge in [0.25, 0.3) is 0 Å². The van der Waals surface area contributed by atoms with Gasteiger partial charge in [0, 0.05) is 47.2 Å². The first kappa shape index (κ1) is 40.6. The maximum atomic E-state index is 6.00. The van der Waals surface area contributed by atoms with Crippen molar-refractivity contribution in [1.82, 2.24) is 0 Å². The average Bonchev–Trinajstić information content (AvgIpc) is 3.55. The molecule has 0 saturated heterocycles. The summed E-state index contributed by atoms with van der Waals surface area (Å²) in [5, 5.41) is 0. The summed E-state index contributed by atoms with van der Waals surface area (Å²) in [5.41, 5.74) is 48.5. The lowest BCUT2D eigenvalue weighted by molar-refractivity contribution is 0.400. The van der Waals surface area contributed by atoms with Crippen LogP contribution in [0.4, 0.5) is 34.1 Å². The first-order chi connectivity index (χ1) is 28.9. The van der Waals surface area contributed by atoms with E-state index in [1.165, 1.54) is 33.4 Å². The van der Waals surface area contributed by atoms with Crippen molar-refractivity contribution < 1.29 is 8.85 Å². The zero-order chi connectivity index (χ0) is 42.3. The molecule has 300 valence electrons. The van der Waals surface area contributed by atoms with Gasteiger partial charge in [-0.25, -0.2) is 0 Å². The minimum absolute atomic E-state index is 0.380. The third-order valence-corrected chi connectivity index (χ3v) is 11.7. The number of benzene rings is 8. The summed E-state index contributed by atoms with van der Waals surface area (Å²) in [5.74, 6) is 1.53. The molecular formula is C51H50N6O2Si. The molecule has 0 aromatic heterocycles. The molecule has 12 N–H and O–H groups in total. The maximum absolute atomic E-state index is 6.00. The molecule has 0 atom stereocenters. The van der Waals surface area contributed by atoms with Crippen LogP contribution in [0.25, 0.3) is 22.3 Å². The highest BCUT2D eigenvalue weighted by atomic mass is 28.4. The Balaban J connectivity index is 0.000000145. The average molecular weight is 807 g/mol. The number of anilines is 6. The number of hydrogen-bond donors (Lipinski definition) is 6. The SMILES string of the molecule is C[Si](C)(Oc1ccc(N)cc1)Oc1ccc(N)cc1.Nc1ccc(-c2ccc(N)cc2)cc1.Nc1ccc(C2(c3ccc(N)cc3)c3ccccc3-c3ccccc32)cc1. The molecule has 60 heavy (non-hydrogen) atoms. The fraction of sp³-hybridized carbons (Fsp3) is 0.0588. The molecule has 0 bridgehead atoms. The summed E-state index contributed by atoms with van der Waals surface area (Å²) in [6.07, 6.45) is 0. The van der Waals surface area contributed by atoms with E-state index in [1.54, 1.807) is 0 Å². The van der Waals surface area contributed by atoms with E-state index >= 15 is 0 Å². The molecule has 0 saturated carbocycles. The monoisotopic (exact) mass is 806 g/mol. The van der Waals surface area contributed by atoms with Crippen molar-refractivity contribution in [2.75, 3.05) is 34.4 Å². The number of nitrogen functional groups attached to an aromatic ring is 6. The van der Waals surface area contributed by atoms with Crippen molar-refractivity contribution in [1.29, 1.82) is 0 Å². The third kappa shape index (κ3) is 9.07. The smallest absolute Gasteiger partial charge is 0.454 e. The van der Waals surface area contributed by atoms with Crippen LogP contribution in [0.5, 0.6) is 11.5 Å². The first-order valence-electron chi connectivity index (χ1n) is 19.6. The molecule has 9 heteroatoms. The molecule has 8 nitrogen and oxygen atoms in total. The van der Waals surface area contributed by atoms with Crippen molar-refractivity contribution in [2.45, 2.75) is 18.5 Å². The summed E-state index contributed by atoms with van der Waals surface area (Å²) in [6.45, 7) is 3.97. The van der Waals surface area contributed by atoms with Crippen LogP contribution in [0.1, 0.15) is 22.3 Å². The molecule has 0 fully saturated rings. The Kier molecular flexibility index (Phi) is 11.8. The molecule has 8 aromatic carbocycles. The van der Waals surface area contributed by atoms with Crippen LogP contribution in [-0.4, -0.2) is 8.56 Å². The summed E-state index contributed by atoms with van der Waals surface area (Å²) in [4.78, 5) is 0. The van der Waals surface area contributed by atoms with Crippen molar-refractivity contribution >= 4 is 42.7 Å². The Morgan fingerprint density at radius 2 is 0.600 bits per heavy atom. The molecule has 0 amide bonds. The van der Waals surface area contributed by atoms with Gasteiger partial charge in [-0.1, -0.05) is 97.1 Å². The largest absolute Gasteiger partial charge is 0.512 e. The molecular weight excluding hydrogens is 757 g/mol. The van der Waals surface area contributed by atoms with Crippen molar-refractivity contribution in [3.05, 3.63) is 216 Å². The molecule has 1 aliphatic rings. The Morgan fingerprint density at radius 1 is 0.333 bits per heavy atom. The molecule has 0 aliphatic heterocycles. The number of nitrogens with two attached hydrogens (primary N) is 6. The lowest BCUT2D eigenvalue weighted by atomic mass is 9.67. The van der Waals surface area contributed by atoms with Gasteiger partial charge in [-0.3, -0.25) is 0 Å². The van der Waals surface area contributed by atoms with E-state index in [2.05, 4.69) is 72.8 Å². The number of hydrogen-bond acceptors (Lipinski definition) is 8. The molecule has 8 aromatic rings. The predicted molar refractivity (Wildman–Crippen MR) is 254 cm³/mol. The van der Waals surface area contributed by atoms with Crippen molar-refractivity contribution in [2.24, 2.45) is 0 Å². The standard InChI is InChI=1S/C25H20N2.C14H18N2O2Si.C12H12N2/c26-19-13-9-17(10-14-19)25(18-11-15-20(27)16-12-18)23-7-3-1-5-21(23)22-6-2-4-8-24(22)25;1-19(2,17-13-7-3-11(15)4-8-13)18-14-9-5-12(16)6-10-14;13-11-5-1-9(2-6-11)10-3-7-12(14)8-4-10/h1-16H,26-27H2;3-10H,15-16H2,1-2H3;1-8H,13-14H2. The highest BCUT2D eigenvalue weighted by Gasteiger charge is 2.45. The molecule has 0 heterocycles. The zero-order valence-corrected chi connectivity index (χ0v) is 34.8. The first-order valence-corrected chi connectivity index (χ1v) is 22.4. The Hall–Kier alpha value is -7.62. The fourth-order valence-corrected chi connectivity index (χ4v) is 8.95. The zero-order valence-electron chi connectivity index (χ0n) is 33.8.